The lowest BCUT2D eigenvalue weighted by Crippen LogP contribution is -2.45. The van der Waals surface area contributed by atoms with Gasteiger partial charge >= 0.3 is 5.97 Å². The second kappa shape index (κ2) is 44.8. The molecule has 3 N–H and O–H groups in total. The van der Waals surface area contributed by atoms with Crippen molar-refractivity contribution in [1.82, 2.24) is 5.32 Å². The number of esters is 1. The molecule has 0 aliphatic heterocycles. The molecule has 6 heteroatoms. The lowest BCUT2D eigenvalue weighted by Gasteiger charge is -2.20. The molecule has 0 bridgehead atoms. The number of rotatable bonds is 43. The fourth-order valence-electron chi connectivity index (χ4n) is 6.95. The number of aliphatic hydroxyl groups is 2. The van der Waals surface area contributed by atoms with E-state index in [4.69, 9.17) is 4.74 Å². The zero-order chi connectivity index (χ0) is 40.1. The number of unbranched alkanes of at least 4 members (excludes halogenated alkanes) is 28. The Morgan fingerprint density at radius 1 is 0.509 bits per heavy atom. The second-order valence-electron chi connectivity index (χ2n) is 16.1. The van der Waals surface area contributed by atoms with Gasteiger partial charge in [-0.05, 0) is 64.2 Å². The highest BCUT2D eigenvalue weighted by molar-refractivity contribution is 5.76. The largest absolute Gasteiger partial charge is 0.466 e. The van der Waals surface area contributed by atoms with Gasteiger partial charge in [0.25, 0.3) is 0 Å². The van der Waals surface area contributed by atoms with Gasteiger partial charge in [-0.2, -0.15) is 0 Å². The maximum atomic E-state index is 12.3. The number of carbonyl (C=O) groups excluding carboxylic acids is 2. The van der Waals surface area contributed by atoms with Gasteiger partial charge in [-0.1, -0.05) is 198 Å². The zero-order valence-corrected chi connectivity index (χ0v) is 36.4. The summed E-state index contributed by atoms with van der Waals surface area (Å²) in [7, 11) is 0. The van der Waals surface area contributed by atoms with Gasteiger partial charge < -0.3 is 20.3 Å². The Kier molecular flexibility index (Phi) is 43.2. The molecule has 6 nitrogen and oxygen atoms in total. The molecule has 2 atom stereocenters. The van der Waals surface area contributed by atoms with Crippen LogP contribution in [-0.2, 0) is 14.3 Å². The zero-order valence-electron chi connectivity index (χ0n) is 36.4. The first-order valence-electron chi connectivity index (χ1n) is 23.8. The number of allylic oxidation sites excluding steroid dienone is 5. The lowest BCUT2D eigenvalue weighted by atomic mass is 10.0. The minimum absolute atomic E-state index is 0.0187. The monoisotopic (exact) mass is 774 g/mol. The van der Waals surface area contributed by atoms with E-state index in [9.17, 15) is 19.8 Å². The Labute approximate surface area is 341 Å². The molecule has 0 aliphatic rings. The topological polar surface area (TPSA) is 95.9 Å². The molecule has 0 aromatic carbocycles. The molecular formula is C49H91NO5. The van der Waals surface area contributed by atoms with Gasteiger partial charge in [-0.15, -0.1) is 0 Å². The van der Waals surface area contributed by atoms with Crippen LogP contribution < -0.4 is 5.32 Å². The van der Waals surface area contributed by atoms with E-state index in [-0.39, 0.29) is 18.5 Å². The van der Waals surface area contributed by atoms with Crippen molar-refractivity contribution in [3.63, 3.8) is 0 Å². The van der Waals surface area contributed by atoms with Crippen LogP contribution in [0.25, 0.3) is 0 Å². The molecule has 0 saturated heterocycles. The van der Waals surface area contributed by atoms with Crippen LogP contribution in [0.2, 0.25) is 0 Å². The van der Waals surface area contributed by atoms with E-state index in [0.29, 0.717) is 19.4 Å². The molecule has 55 heavy (non-hydrogen) atoms. The van der Waals surface area contributed by atoms with Crippen molar-refractivity contribution in [1.29, 1.82) is 0 Å². The summed E-state index contributed by atoms with van der Waals surface area (Å²) in [6, 6.07) is -0.634. The summed E-state index contributed by atoms with van der Waals surface area (Å²) in [6.45, 7) is 4.80. The summed E-state index contributed by atoms with van der Waals surface area (Å²) in [4.78, 5) is 24.4. The van der Waals surface area contributed by atoms with E-state index in [1.165, 1.54) is 148 Å². The van der Waals surface area contributed by atoms with Crippen molar-refractivity contribution in [2.75, 3.05) is 13.2 Å². The predicted octanol–water partition coefficient (Wildman–Crippen LogP) is 13.7. The molecule has 0 saturated carbocycles. The average molecular weight is 774 g/mol. The van der Waals surface area contributed by atoms with E-state index in [2.05, 4.69) is 43.5 Å². The second-order valence-corrected chi connectivity index (χ2v) is 16.1. The van der Waals surface area contributed by atoms with E-state index in [0.717, 1.165) is 64.2 Å². The highest BCUT2D eigenvalue weighted by Gasteiger charge is 2.18. The lowest BCUT2D eigenvalue weighted by molar-refractivity contribution is -0.143. The van der Waals surface area contributed by atoms with Gasteiger partial charge in [0.05, 0.1) is 25.4 Å². The van der Waals surface area contributed by atoms with Gasteiger partial charge in [-0.25, -0.2) is 0 Å². The summed E-state index contributed by atoms with van der Waals surface area (Å²) in [6.07, 6.45) is 52.8. The molecule has 0 heterocycles. The predicted molar refractivity (Wildman–Crippen MR) is 236 cm³/mol. The van der Waals surface area contributed by atoms with Crippen LogP contribution >= 0.6 is 0 Å². The molecule has 0 aliphatic carbocycles. The van der Waals surface area contributed by atoms with Crippen molar-refractivity contribution in [2.24, 2.45) is 0 Å². The molecule has 0 radical (unpaired) electrons. The Balaban J connectivity index is 3.46. The van der Waals surface area contributed by atoms with Crippen LogP contribution in [0.5, 0.6) is 0 Å². The van der Waals surface area contributed by atoms with E-state index in [1.54, 1.807) is 6.08 Å². The number of hydrogen-bond acceptors (Lipinski definition) is 5. The number of carbonyl (C=O) groups is 2. The standard InChI is InChI=1S/C49H91NO5/c1-3-5-7-9-11-13-14-15-16-20-23-27-31-35-39-43-49(54)55-44-40-36-32-28-24-21-18-17-19-22-26-30-34-38-42-48(53)50-46(45-51)47(52)41-37-33-29-25-12-10-8-6-4-2/h11,13,15-16,37,41,46-47,51-52H,3-10,12,14,17-36,38-40,42-45H2,1-2H3,(H,50,53)/b13-11-,16-15-,41-37+. The summed E-state index contributed by atoms with van der Waals surface area (Å²) in [5.41, 5.74) is 0. The minimum Gasteiger partial charge on any atom is -0.466 e. The maximum Gasteiger partial charge on any atom is 0.305 e. The van der Waals surface area contributed by atoms with Crippen molar-refractivity contribution >= 4 is 11.9 Å². The van der Waals surface area contributed by atoms with Crippen LogP contribution in [0.4, 0.5) is 0 Å². The molecule has 322 valence electrons. The van der Waals surface area contributed by atoms with Crippen LogP contribution in [-0.4, -0.2) is 47.4 Å². The highest BCUT2D eigenvalue weighted by atomic mass is 16.5. The molecule has 0 rings (SSSR count). The number of ether oxygens (including phenoxy) is 1. The fraction of sp³-hybridized carbons (Fsp3) is 0.837. The third-order valence-corrected chi connectivity index (χ3v) is 10.7. The average Bonchev–Trinajstić information content (AvgIpc) is 3.18. The fourth-order valence-corrected chi connectivity index (χ4v) is 6.95. The van der Waals surface area contributed by atoms with Crippen LogP contribution in [0.1, 0.15) is 239 Å². The Hall–Kier alpha value is -1.92. The van der Waals surface area contributed by atoms with Gasteiger partial charge in [-0.3, -0.25) is 9.59 Å². The highest BCUT2D eigenvalue weighted by Crippen LogP contribution is 2.15. The summed E-state index contributed by atoms with van der Waals surface area (Å²) in [5, 5.41) is 22.9. The SMILES string of the molecule is CCCCC/C=C\C/C=C\CCCCCCCC(=O)OCCCCCCCCCCCCCCCCC(=O)NC(CO)C(O)/C=C/CCCCCCCCC. The summed E-state index contributed by atoms with van der Waals surface area (Å²) >= 11 is 0. The van der Waals surface area contributed by atoms with Gasteiger partial charge in [0.15, 0.2) is 0 Å². The smallest absolute Gasteiger partial charge is 0.305 e. The normalized spacial score (nSPS) is 13.0. The molecule has 0 aromatic rings. The van der Waals surface area contributed by atoms with Gasteiger partial charge in [0.2, 0.25) is 5.91 Å². The molecular weight excluding hydrogens is 683 g/mol. The molecule has 2 unspecified atom stereocenters. The Morgan fingerprint density at radius 2 is 0.909 bits per heavy atom. The number of nitrogens with one attached hydrogen (secondary N) is 1. The van der Waals surface area contributed by atoms with E-state index in [1.807, 2.05) is 6.08 Å². The first-order valence-corrected chi connectivity index (χ1v) is 23.8. The first kappa shape index (κ1) is 53.1. The number of amides is 1. The van der Waals surface area contributed by atoms with Crippen molar-refractivity contribution in [3.05, 3.63) is 36.5 Å². The molecule has 0 aromatic heterocycles. The Bertz CT molecular complexity index is 900. The molecule has 1 amide bonds. The summed E-state index contributed by atoms with van der Waals surface area (Å²) in [5.74, 6) is -0.102. The maximum absolute atomic E-state index is 12.3. The molecule has 0 spiro atoms. The third-order valence-electron chi connectivity index (χ3n) is 10.7. The van der Waals surface area contributed by atoms with E-state index >= 15 is 0 Å². The first-order chi connectivity index (χ1) is 27.0. The van der Waals surface area contributed by atoms with Gasteiger partial charge in [0.1, 0.15) is 0 Å². The number of aliphatic hydroxyl groups excluding tert-OH is 2. The summed E-state index contributed by atoms with van der Waals surface area (Å²) < 4.78 is 5.45. The van der Waals surface area contributed by atoms with Crippen molar-refractivity contribution in [2.45, 2.75) is 251 Å². The van der Waals surface area contributed by atoms with Gasteiger partial charge in [0, 0.05) is 12.8 Å². The quantitative estimate of drug-likeness (QED) is 0.0326. The number of hydrogen-bond donors (Lipinski definition) is 3. The third kappa shape index (κ3) is 41.5. The Morgan fingerprint density at radius 3 is 1.42 bits per heavy atom. The van der Waals surface area contributed by atoms with Crippen molar-refractivity contribution < 1.29 is 24.5 Å². The molecule has 0 fully saturated rings. The van der Waals surface area contributed by atoms with Crippen LogP contribution in [0, 0.1) is 0 Å². The van der Waals surface area contributed by atoms with Crippen LogP contribution in [0.15, 0.2) is 36.5 Å². The van der Waals surface area contributed by atoms with E-state index < -0.39 is 12.1 Å². The van der Waals surface area contributed by atoms with Crippen molar-refractivity contribution in [3.8, 4) is 0 Å². The minimum atomic E-state index is -0.849. The van der Waals surface area contributed by atoms with Crippen LogP contribution in [0.3, 0.4) is 0 Å².